The minimum Gasteiger partial charge on any atom is -0.486 e. The van der Waals surface area contributed by atoms with E-state index in [4.69, 9.17) is 9.47 Å². The van der Waals surface area contributed by atoms with Gasteiger partial charge in [0.05, 0.1) is 12.3 Å². The maximum absolute atomic E-state index is 5.99. The SMILES string of the molecule is CN1C/C=C/COCC2=CCC(O2)c2ccnc(n2)Nc2cccc(c2)C1. The van der Waals surface area contributed by atoms with Crippen LogP contribution in [0.5, 0.6) is 0 Å². The first kappa shape index (κ1) is 17.7. The van der Waals surface area contributed by atoms with Crippen LogP contribution in [-0.4, -0.2) is 41.7 Å². The monoisotopic (exact) mass is 364 g/mol. The number of benzene rings is 1. The highest BCUT2D eigenvalue weighted by atomic mass is 16.5. The van der Waals surface area contributed by atoms with Gasteiger partial charge in [0, 0.05) is 31.4 Å². The molecule has 2 aromatic rings. The van der Waals surface area contributed by atoms with Crippen LogP contribution in [0.25, 0.3) is 0 Å². The Labute approximate surface area is 159 Å². The molecule has 0 aliphatic carbocycles. The van der Waals surface area contributed by atoms with Crippen LogP contribution in [0.2, 0.25) is 0 Å². The van der Waals surface area contributed by atoms with Gasteiger partial charge < -0.3 is 14.8 Å². The number of nitrogens with one attached hydrogen (secondary N) is 1. The summed E-state index contributed by atoms with van der Waals surface area (Å²) >= 11 is 0. The van der Waals surface area contributed by atoms with Crippen molar-refractivity contribution in [3.63, 3.8) is 0 Å². The van der Waals surface area contributed by atoms with Crippen molar-refractivity contribution in [2.75, 3.05) is 32.1 Å². The minimum atomic E-state index is -0.0819. The number of fused-ring (bicyclic) bond motifs is 7. The molecule has 0 saturated heterocycles. The van der Waals surface area contributed by atoms with Gasteiger partial charge in [-0.2, -0.15) is 0 Å². The minimum absolute atomic E-state index is 0.0819. The molecule has 6 nitrogen and oxygen atoms in total. The molecule has 27 heavy (non-hydrogen) atoms. The second-order valence-corrected chi connectivity index (χ2v) is 6.83. The van der Waals surface area contributed by atoms with Crippen molar-refractivity contribution in [1.82, 2.24) is 14.9 Å². The molecule has 0 spiro atoms. The molecule has 1 N–H and O–H groups in total. The highest BCUT2D eigenvalue weighted by Gasteiger charge is 2.21. The fourth-order valence-electron chi connectivity index (χ4n) is 3.21. The van der Waals surface area contributed by atoms with Gasteiger partial charge in [-0.1, -0.05) is 24.3 Å². The third-order valence-electron chi connectivity index (χ3n) is 4.54. The van der Waals surface area contributed by atoms with E-state index in [9.17, 15) is 0 Å². The van der Waals surface area contributed by atoms with E-state index in [0.29, 0.717) is 19.2 Å². The van der Waals surface area contributed by atoms with Crippen LogP contribution in [0.1, 0.15) is 23.8 Å². The average Bonchev–Trinajstić information content (AvgIpc) is 3.13. The summed E-state index contributed by atoms with van der Waals surface area (Å²) < 4.78 is 11.7. The highest BCUT2D eigenvalue weighted by Crippen LogP contribution is 2.30. The number of likely N-dealkylation sites (N-methyl/N-ethyl adjacent to an activating group) is 1. The van der Waals surface area contributed by atoms with Crippen molar-refractivity contribution in [3.8, 4) is 0 Å². The lowest BCUT2D eigenvalue weighted by atomic mass is 10.2. The zero-order chi connectivity index (χ0) is 18.5. The molecule has 1 unspecified atom stereocenters. The lowest BCUT2D eigenvalue weighted by molar-refractivity contribution is 0.0845. The van der Waals surface area contributed by atoms with Crippen LogP contribution < -0.4 is 5.32 Å². The van der Waals surface area contributed by atoms with Gasteiger partial charge >= 0.3 is 0 Å². The van der Waals surface area contributed by atoms with E-state index < -0.39 is 0 Å². The smallest absolute Gasteiger partial charge is 0.227 e. The molecule has 0 fully saturated rings. The van der Waals surface area contributed by atoms with Crippen molar-refractivity contribution in [2.45, 2.75) is 19.1 Å². The summed E-state index contributed by atoms with van der Waals surface area (Å²) in [4.78, 5) is 11.2. The molecule has 140 valence electrons. The molecular weight excluding hydrogens is 340 g/mol. The summed E-state index contributed by atoms with van der Waals surface area (Å²) in [5.41, 5.74) is 3.09. The van der Waals surface area contributed by atoms with Gasteiger partial charge in [-0.15, -0.1) is 0 Å². The van der Waals surface area contributed by atoms with Crippen LogP contribution in [0.4, 0.5) is 11.6 Å². The predicted molar refractivity (Wildman–Crippen MR) is 105 cm³/mol. The zero-order valence-corrected chi connectivity index (χ0v) is 15.5. The Hall–Kier alpha value is -2.70. The quantitative estimate of drug-likeness (QED) is 0.721. The predicted octanol–water partition coefficient (Wildman–Crippen LogP) is 3.58. The van der Waals surface area contributed by atoms with Crippen molar-refractivity contribution >= 4 is 11.6 Å². The largest absolute Gasteiger partial charge is 0.486 e. The summed E-state index contributed by atoms with van der Waals surface area (Å²) in [6.45, 7) is 2.80. The molecule has 0 radical (unpaired) electrons. The van der Waals surface area contributed by atoms with Crippen molar-refractivity contribution in [2.24, 2.45) is 0 Å². The molecular formula is C21H24N4O2. The summed E-state index contributed by atoms with van der Waals surface area (Å²) in [5.74, 6) is 1.45. The molecule has 2 aliphatic rings. The Morgan fingerprint density at radius 3 is 3.15 bits per heavy atom. The third kappa shape index (κ3) is 4.72. The number of nitrogens with zero attached hydrogens (tertiary/aromatic N) is 3. The second-order valence-electron chi connectivity index (χ2n) is 6.83. The summed E-state index contributed by atoms with van der Waals surface area (Å²) in [5, 5.41) is 3.31. The van der Waals surface area contributed by atoms with E-state index in [-0.39, 0.29) is 6.10 Å². The third-order valence-corrected chi connectivity index (χ3v) is 4.54. The number of ether oxygens (including phenoxy) is 2. The number of aromatic nitrogens is 2. The van der Waals surface area contributed by atoms with Gasteiger partial charge in [0.1, 0.15) is 18.5 Å². The molecule has 0 amide bonds. The van der Waals surface area contributed by atoms with Crippen LogP contribution in [0.3, 0.4) is 0 Å². The fraction of sp³-hybridized carbons (Fsp3) is 0.333. The van der Waals surface area contributed by atoms with Crippen molar-refractivity contribution in [1.29, 1.82) is 0 Å². The van der Waals surface area contributed by atoms with E-state index in [0.717, 1.165) is 36.7 Å². The number of anilines is 2. The van der Waals surface area contributed by atoms with E-state index in [2.05, 4.69) is 57.6 Å². The Morgan fingerprint density at radius 1 is 1.22 bits per heavy atom. The Morgan fingerprint density at radius 2 is 2.19 bits per heavy atom. The Bertz CT molecular complexity index is 850. The van der Waals surface area contributed by atoms with Gasteiger partial charge in [0.25, 0.3) is 0 Å². The highest BCUT2D eigenvalue weighted by molar-refractivity contribution is 5.54. The summed E-state index contributed by atoms with van der Waals surface area (Å²) in [6, 6.07) is 10.2. The number of hydrogen-bond acceptors (Lipinski definition) is 6. The lowest BCUT2D eigenvalue weighted by Crippen LogP contribution is -2.17. The first-order chi connectivity index (χ1) is 13.3. The fourth-order valence-corrected chi connectivity index (χ4v) is 3.21. The van der Waals surface area contributed by atoms with Gasteiger partial charge in [-0.25, -0.2) is 9.97 Å². The maximum Gasteiger partial charge on any atom is 0.227 e. The van der Waals surface area contributed by atoms with Gasteiger partial charge in [0.15, 0.2) is 0 Å². The molecule has 0 saturated carbocycles. The van der Waals surface area contributed by atoms with Crippen molar-refractivity contribution < 1.29 is 9.47 Å². The summed E-state index contributed by atoms with van der Waals surface area (Å²) in [7, 11) is 2.10. The molecule has 1 aromatic carbocycles. The molecule has 4 rings (SSSR count). The molecule has 3 heterocycles. The zero-order valence-electron chi connectivity index (χ0n) is 15.5. The van der Waals surface area contributed by atoms with Crippen molar-refractivity contribution in [3.05, 3.63) is 71.8 Å². The van der Waals surface area contributed by atoms with Crippen LogP contribution in [0, 0.1) is 0 Å². The molecule has 1 atom stereocenters. The van der Waals surface area contributed by atoms with Gasteiger partial charge in [-0.3, -0.25) is 4.90 Å². The van der Waals surface area contributed by atoms with Crippen LogP contribution >= 0.6 is 0 Å². The number of rotatable bonds is 0. The molecule has 1 aromatic heterocycles. The van der Waals surface area contributed by atoms with Crippen LogP contribution in [-0.2, 0) is 16.0 Å². The van der Waals surface area contributed by atoms with Gasteiger partial charge in [0.2, 0.25) is 5.95 Å². The van der Waals surface area contributed by atoms with Gasteiger partial charge in [-0.05, 0) is 36.9 Å². The Balaban J connectivity index is 1.58. The molecule has 6 heteroatoms. The number of hydrogen-bond donors (Lipinski definition) is 1. The van der Waals surface area contributed by atoms with E-state index in [1.807, 2.05) is 18.2 Å². The second kappa shape index (κ2) is 8.33. The lowest BCUT2D eigenvalue weighted by Gasteiger charge is -2.16. The molecule has 6 bridgehead atoms. The van der Waals surface area contributed by atoms with E-state index in [1.54, 1.807) is 6.20 Å². The first-order valence-corrected chi connectivity index (χ1v) is 9.22. The van der Waals surface area contributed by atoms with Crippen LogP contribution in [0.15, 0.2) is 60.5 Å². The Kier molecular flexibility index (Phi) is 5.46. The first-order valence-electron chi connectivity index (χ1n) is 9.22. The molecule has 2 aliphatic heterocycles. The van der Waals surface area contributed by atoms with E-state index in [1.165, 1.54) is 5.56 Å². The maximum atomic E-state index is 5.99. The average molecular weight is 364 g/mol. The summed E-state index contributed by atoms with van der Waals surface area (Å²) in [6.07, 6.45) is 8.75. The normalized spacial score (nSPS) is 22.0. The van der Waals surface area contributed by atoms with E-state index >= 15 is 0 Å². The topological polar surface area (TPSA) is 59.5 Å². The standard InChI is InChI=1S/C21H24N4O2/c1-25-11-2-3-12-26-15-18-7-8-20(27-18)19-9-10-22-21(24-19)23-17-6-4-5-16(13-17)14-25/h2-7,9-10,13,20H,8,11-12,14-15H2,1H3,(H,22,23,24)/b3-2+.